The molecule has 0 bridgehead atoms. The van der Waals surface area contributed by atoms with Gasteiger partial charge in [-0.05, 0) is 49.9 Å². The molecule has 2 aromatic carbocycles. The highest BCUT2D eigenvalue weighted by Gasteiger charge is 2.32. The zero-order valence-electron chi connectivity index (χ0n) is 16.6. The molecule has 0 aliphatic heterocycles. The van der Waals surface area contributed by atoms with Gasteiger partial charge in [0, 0.05) is 6.54 Å². The maximum atomic E-state index is 12.9. The molecule has 146 valence electrons. The number of sulfonamides is 1. The SMILES string of the molecule is CC[C@@H](C(=O)NCc1cccc(C)c1)N(c1cc(C)ccc1C)S(C)(=O)=O. The molecule has 1 atom stereocenters. The number of nitrogens with zero attached hydrogens (tertiary/aromatic N) is 1. The fourth-order valence-electron chi connectivity index (χ4n) is 3.12. The number of benzene rings is 2. The smallest absolute Gasteiger partial charge is 0.244 e. The number of rotatable bonds is 7. The Morgan fingerprint density at radius 3 is 2.33 bits per heavy atom. The molecule has 6 heteroatoms. The van der Waals surface area contributed by atoms with Crippen molar-refractivity contribution in [3.8, 4) is 0 Å². The molecule has 2 aromatic rings. The first-order chi connectivity index (χ1) is 12.6. The van der Waals surface area contributed by atoms with Gasteiger partial charge >= 0.3 is 0 Å². The lowest BCUT2D eigenvalue weighted by Gasteiger charge is -2.31. The minimum absolute atomic E-state index is 0.301. The third-order valence-corrected chi connectivity index (χ3v) is 5.65. The summed E-state index contributed by atoms with van der Waals surface area (Å²) in [6.07, 6.45) is 1.52. The molecule has 0 aromatic heterocycles. The summed E-state index contributed by atoms with van der Waals surface area (Å²) in [6, 6.07) is 12.7. The first-order valence-corrected chi connectivity index (χ1v) is 10.9. The highest BCUT2D eigenvalue weighted by Crippen LogP contribution is 2.27. The van der Waals surface area contributed by atoms with Gasteiger partial charge in [0.15, 0.2) is 0 Å². The summed E-state index contributed by atoms with van der Waals surface area (Å²) < 4.78 is 26.4. The minimum atomic E-state index is -3.63. The predicted molar refractivity (Wildman–Crippen MR) is 110 cm³/mol. The molecule has 0 heterocycles. The second-order valence-corrected chi connectivity index (χ2v) is 8.84. The standard InChI is InChI=1S/C21H28N2O3S/c1-6-19(21(24)22-14-18-9-7-8-15(2)12-18)23(27(5,25)26)20-13-16(3)10-11-17(20)4/h7-13,19H,6,14H2,1-5H3,(H,22,24)/t19-/m0/s1. The summed E-state index contributed by atoms with van der Waals surface area (Å²) in [7, 11) is -3.63. The topological polar surface area (TPSA) is 66.5 Å². The van der Waals surface area contributed by atoms with Crippen LogP contribution in [0.1, 0.15) is 35.6 Å². The van der Waals surface area contributed by atoms with Gasteiger partial charge in [-0.3, -0.25) is 9.10 Å². The molecule has 0 radical (unpaired) electrons. The van der Waals surface area contributed by atoms with Crippen LogP contribution in [0.3, 0.4) is 0 Å². The lowest BCUT2D eigenvalue weighted by Crippen LogP contribution is -2.49. The monoisotopic (exact) mass is 388 g/mol. The van der Waals surface area contributed by atoms with Crippen molar-refractivity contribution in [1.29, 1.82) is 0 Å². The van der Waals surface area contributed by atoms with Gasteiger partial charge in [-0.15, -0.1) is 0 Å². The first kappa shape index (κ1) is 21.0. The molecule has 2 rings (SSSR count). The van der Waals surface area contributed by atoms with Crippen molar-refractivity contribution in [3.63, 3.8) is 0 Å². The van der Waals surface area contributed by atoms with Gasteiger partial charge in [0.1, 0.15) is 6.04 Å². The van der Waals surface area contributed by atoms with Crippen LogP contribution >= 0.6 is 0 Å². The molecule has 0 saturated heterocycles. The van der Waals surface area contributed by atoms with Gasteiger partial charge in [-0.2, -0.15) is 0 Å². The molecule has 0 aliphatic carbocycles. The third-order valence-electron chi connectivity index (χ3n) is 4.48. The van der Waals surface area contributed by atoms with Crippen LogP contribution in [-0.2, 0) is 21.4 Å². The van der Waals surface area contributed by atoms with Crippen LogP contribution in [0.5, 0.6) is 0 Å². The average Bonchev–Trinajstić information content (AvgIpc) is 2.59. The minimum Gasteiger partial charge on any atom is -0.350 e. The van der Waals surface area contributed by atoms with Crippen LogP contribution in [0.4, 0.5) is 5.69 Å². The largest absolute Gasteiger partial charge is 0.350 e. The van der Waals surface area contributed by atoms with E-state index >= 15 is 0 Å². The Morgan fingerprint density at radius 2 is 1.74 bits per heavy atom. The van der Waals surface area contributed by atoms with Gasteiger partial charge in [-0.1, -0.05) is 48.9 Å². The fourth-order valence-corrected chi connectivity index (χ4v) is 4.38. The molecule has 0 unspecified atom stereocenters. The van der Waals surface area contributed by atoms with E-state index < -0.39 is 16.1 Å². The second kappa shape index (κ2) is 8.57. The Labute approximate surface area is 162 Å². The summed E-state index contributed by atoms with van der Waals surface area (Å²) in [5, 5.41) is 2.89. The molecule has 0 spiro atoms. The van der Waals surface area contributed by atoms with E-state index in [0.717, 1.165) is 28.5 Å². The molecule has 0 saturated carbocycles. The van der Waals surface area contributed by atoms with Gasteiger partial charge in [0.2, 0.25) is 15.9 Å². The van der Waals surface area contributed by atoms with Crippen molar-refractivity contribution in [2.24, 2.45) is 0 Å². The number of aryl methyl sites for hydroxylation is 3. The van der Waals surface area contributed by atoms with E-state index in [1.807, 2.05) is 70.2 Å². The van der Waals surface area contributed by atoms with Crippen LogP contribution in [0.15, 0.2) is 42.5 Å². The molecular formula is C21H28N2O3S. The van der Waals surface area contributed by atoms with Crippen molar-refractivity contribution in [3.05, 3.63) is 64.7 Å². The van der Waals surface area contributed by atoms with E-state index in [4.69, 9.17) is 0 Å². The fraction of sp³-hybridized carbons (Fsp3) is 0.381. The van der Waals surface area contributed by atoms with E-state index in [0.29, 0.717) is 18.7 Å². The number of hydrogen-bond donors (Lipinski definition) is 1. The highest BCUT2D eigenvalue weighted by molar-refractivity contribution is 7.92. The van der Waals surface area contributed by atoms with Crippen LogP contribution < -0.4 is 9.62 Å². The maximum Gasteiger partial charge on any atom is 0.244 e. The highest BCUT2D eigenvalue weighted by atomic mass is 32.2. The third kappa shape index (κ3) is 5.32. The lowest BCUT2D eigenvalue weighted by molar-refractivity contribution is -0.122. The Kier molecular flexibility index (Phi) is 6.65. The van der Waals surface area contributed by atoms with Gasteiger partial charge in [0.25, 0.3) is 0 Å². The van der Waals surface area contributed by atoms with E-state index in [2.05, 4.69) is 5.32 Å². The number of nitrogens with one attached hydrogen (secondary N) is 1. The number of hydrogen-bond acceptors (Lipinski definition) is 3. The summed E-state index contributed by atoms with van der Waals surface area (Å²) >= 11 is 0. The van der Waals surface area contributed by atoms with Gasteiger partial charge in [0.05, 0.1) is 11.9 Å². The zero-order valence-corrected chi connectivity index (χ0v) is 17.4. The number of carbonyl (C=O) groups excluding carboxylic acids is 1. The molecule has 1 amide bonds. The Hall–Kier alpha value is -2.34. The molecule has 1 N–H and O–H groups in total. The Morgan fingerprint density at radius 1 is 1.07 bits per heavy atom. The zero-order chi connectivity index (χ0) is 20.2. The predicted octanol–water partition coefficient (Wildman–Crippen LogP) is 3.47. The van der Waals surface area contributed by atoms with Gasteiger partial charge in [-0.25, -0.2) is 8.42 Å². The summed E-state index contributed by atoms with van der Waals surface area (Å²) in [4.78, 5) is 12.9. The Bertz CT molecular complexity index is 923. The van der Waals surface area contributed by atoms with Crippen molar-refractivity contribution in [1.82, 2.24) is 5.32 Å². The van der Waals surface area contributed by atoms with Crippen LogP contribution in [0.25, 0.3) is 0 Å². The lowest BCUT2D eigenvalue weighted by atomic mass is 10.1. The van der Waals surface area contributed by atoms with Crippen molar-refractivity contribution in [2.75, 3.05) is 10.6 Å². The van der Waals surface area contributed by atoms with Crippen LogP contribution in [-0.4, -0.2) is 26.6 Å². The maximum absolute atomic E-state index is 12.9. The molecule has 27 heavy (non-hydrogen) atoms. The van der Waals surface area contributed by atoms with Crippen LogP contribution in [0.2, 0.25) is 0 Å². The number of carbonyl (C=O) groups is 1. The quantitative estimate of drug-likeness (QED) is 0.790. The summed E-state index contributed by atoms with van der Waals surface area (Å²) in [6.45, 7) is 7.93. The molecular weight excluding hydrogens is 360 g/mol. The van der Waals surface area contributed by atoms with Crippen molar-refractivity contribution < 1.29 is 13.2 Å². The normalized spacial score (nSPS) is 12.5. The molecule has 0 aliphatic rings. The summed E-state index contributed by atoms with van der Waals surface area (Å²) in [5.41, 5.74) is 4.41. The number of anilines is 1. The van der Waals surface area contributed by atoms with E-state index in [9.17, 15) is 13.2 Å². The van der Waals surface area contributed by atoms with Gasteiger partial charge < -0.3 is 5.32 Å². The van der Waals surface area contributed by atoms with E-state index in [-0.39, 0.29) is 5.91 Å². The second-order valence-electron chi connectivity index (χ2n) is 6.98. The van der Waals surface area contributed by atoms with E-state index in [1.54, 1.807) is 0 Å². The number of amides is 1. The van der Waals surface area contributed by atoms with Crippen molar-refractivity contribution >= 4 is 21.6 Å². The average molecular weight is 389 g/mol. The van der Waals surface area contributed by atoms with Crippen molar-refractivity contribution in [2.45, 2.75) is 46.7 Å². The first-order valence-electron chi connectivity index (χ1n) is 9.03. The molecule has 0 fully saturated rings. The van der Waals surface area contributed by atoms with E-state index in [1.165, 1.54) is 4.31 Å². The summed E-state index contributed by atoms with van der Waals surface area (Å²) in [5.74, 6) is -0.301. The van der Waals surface area contributed by atoms with Crippen LogP contribution in [0, 0.1) is 20.8 Å². The Balaban J connectivity index is 2.32. The molecule has 5 nitrogen and oxygen atoms in total.